The Bertz CT molecular complexity index is 1170. The Morgan fingerprint density at radius 1 is 1.09 bits per heavy atom. The minimum absolute atomic E-state index is 0. The first-order chi connectivity index (χ1) is 15.2. The molecular formula is C23H21ClF3N3O2S. The Morgan fingerprint density at radius 2 is 1.82 bits per heavy atom. The summed E-state index contributed by atoms with van der Waals surface area (Å²) in [5.74, 6) is -1.39. The number of primary amides is 1. The second-order valence-corrected chi connectivity index (χ2v) is 8.66. The molecule has 0 unspecified atom stereocenters. The Morgan fingerprint density at radius 3 is 2.48 bits per heavy atom. The monoisotopic (exact) mass is 495 g/mol. The maximum atomic E-state index is 13.0. The minimum Gasteiger partial charge on any atom is -0.365 e. The van der Waals surface area contributed by atoms with Gasteiger partial charge < -0.3 is 11.1 Å². The molecule has 1 aliphatic heterocycles. The zero-order valence-electron chi connectivity index (χ0n) is 17.3. The van der Waals surface area contributed by atoms with E-state index in [1.807, 2.05) is 30.3 Å². The van der Waals surface area contributed by atoms with Gasteiger partial charge in [0, 0.05) is 30.1 Å². The van der Waals surface area contributed by atoms with Gasteiger partial charge in [-0.25, -0.2) is 0 Å². The molecule has 1 aliphatic rings. The SMILES string of the molecule is Cl.NC(=O)c1c(NC(=O)c2cccc(C(F)(F)F)c2)sc2c1CCN(Cc1ccccc1)C2. The standard InChI is InChI=1S/C23H20F3N3O2S.ClH/c24-23(25,26)16-8-4-7-15(11-16)21(31)28-22-19(20(27)30)17-9-10-29(13-18(17)32-22)12-14-5-2-1-3-6-14;/h1-8,11H,9-10,12-13H2,(H2,27,30)(H,28,31);1H. The lowest BCUT2D eigenvalue weighted by atomic mass is 10.0. The first-order valence-electron chi connectivity index (χ1n) is 9.91. The summed E-state index contributed by atoms with van der Waals surface area (Å²) >= 11 is 1.24. The molecule has 0 bridgehead atoms. The third-order valence-corrected chi connectivity index (χ3v) is 6.44. The number of fused-ring (bicyclic) bond motifs is 1. The van der Waals surface area contributed by atoms with Gasteiger partial charge in [-0.3, -0.25) is 14.5 Å². The zero-order valence-corrected chi connectivity index (χ0v) is 18.9. The van der Waals surface area contributed by atoms with Crippen molar-refractivity contribution in [2.45, 2.75) is 25.7 Å². The number of rotatable bonds is 5. The minimum atomic E-state index is -4.56. The molecule has 2 amide bonds. The van der Waals surface area contributed by atoms with E-state index in [4.69, 9.17) is 5.73 Å². The third kappa shape index (κ3) is 5.55. The molecule has 33 heavy (non-hydrogen) atoms. The van der Waals surface area contributed by atoms with E-state index in [1.54, 1.807) is 0 Å². The van der Waals surface area contributed by atoms with Crippen molar-refractivity contribution in [1.82, 2.24) is 4.90 Å². The topological polar surface area (TPSA) is 75.4 Å². The number of benzene rings is 2. The highest BCUT2D eigenvalue weighted by molar-refractivity contribution is 7.17. The fourth-order valence-electron chi connectivity index (χ4n) is 3.79. The van der Waals surface area contributed by atoms with Crippen molar-refractivity contribution in [2.24, 2.45) is 5.73 Å². The van der Waals surface area contributed by atoms with E-state index in [9.17, 15) is 22.8 Å². The highest BCUT2D eigenvalue weighted by Crippen LogP contribution is 2.38. The normalized spacial score (nSPS) is 13.7. The van der Waals surface area contributed by atoms with Crippen LogP contribution in [0.5, 0.6) is 0 Å². The number of carbonyl (C=O) groups is 2. The van der Waals surface area contributed by atoms with Crippen LogP contribution >= 0.6 is 23.7 Å². The van der Waals surface area contributed by atoms with E-state index < -0.39 is 23.6 Å². The number of amides is 2. The number of thiophene rings is 1. The summed E-state index contributed by atoms with van der Waals surface area (Å²) in [6.45, 7) is 2.06. The van der Waals surface area contributed by atoms with Gasteiger partial charge in [-0.2, -0.15) is 13.2 Å². The van der Waals surface area contributed by atoms with Gasteiger partial charge in [0.25, 0.3) is 11.8 Å². The molecule has 0 fully saturated rings. The third-order valence-electron chi connectivity index (χ3n) is 5.31. The molecule has 1 aromatic heterocycles. The van der Waals surface area contributed by atoms with Crippen LogP contribution in [0.15, 0.2) is 54.6 Å². The number of hydrogen-bond donors (Lipinski definition) is 2. The summed E-state index contributed by atoms with van der Waals surface area (Å²) in [6, 6.07) is 14.1. The second kappa shape index (κ2) is 9.94. The summed E-state index contributed by atoms with van der Waals surface area (Å²) in [5.41, 5.74) is 6.74. The first kappa shape index (κ1) is 24.8. The molecule has 174 valence electrons. The summed E-state index contributed by atoms with van der Waals surface area (Å²) in [5, 5.41) is 2.87. The first-order valence-corrected chi connectivity index (χ1v) is 10.7. The Kier molecular flexibility index (Phi) is 7.46. The average molecular weight is 496 g/mol. The molecule has 5 nitrogen and oxygen atoms in total. The summed E-state index contributed by atoms with van der Waals surface area (Å²) in [4.78, 5) is 27.9. The quantitative estimate of drug-likeness (QED) is 0.517. The smallest absolute Gasteiger partial charge is 0.365 e. The van der Waals surface area contributed by atoms with Crippen molar-refractivity contribution in [2.75, 3.05) is 11.9 Å². The molecule has 2 aromatic carbocycles. The molecular weight excluding hydrogens is 475 g/mol. The van der Waals surface area contributed by atoms with Gasteiger partial charge in [0.1, 0.15) is 5.00 Å². The van der Waals surface area contributed by atoms with Crippen LogP contribution in [0, 0.1) is 0 Å². The van der Waals surface area contributed by atoms with Crippen molar-refractivity contribution in [3.05, 3.63) is 87.3 Å². The van der Waals surface area contributed by atoms with Crippen molar-refractivity contribution in [1.29, 1.82) is 0 Å². The number of nitrogens with two attached hydrogens (primary N) is 1. The Balaban J connectivity index is 0.00000306. The lowest BCUT2D eigenvalue weighted by molar-refractivity contribution is -0.137. The molecule has 0 saturated heterocycles. The van der Waals surface area contributed by atoms with Crippen LogP contribution in [-0.2, 0) is 25.7 Å². The number of alkyl halides is 3. The van der Waals surface area contributed by atoms with Crippen LogP contribution in [0.1, 0.15) is 42.3 Å². The number of nitrogens with zero attached hydrogens (tertiary/aromatic N) is 1. The molecule has 0 spiro atoms. The average Bonchev–Trinajstić information content (AvgIpc) is 3.11. The molecule has 0 saturated carbocycles. The number of anilines is 1. The van der Waals surface area contributed by atoms with Gasteiger partial charge in [0.15, 0.2) is 0 Å². The molecule has 2 heterocycles. The maximum Gasteiger partial charge on any atom is 0.416 e. The summed E-state index contributed by atoms with van der Waals surface area (Å²) < 4.78 is 38.9. The van der Waals surface area contributed by atoms with Crippen LogP contribution < -0.4 is 11.1 Å². The van der Waals surface area contributed by atoms with Gasteiger partial charge in [-0.1, -0.05) is 36.4 Å². The lowest BCUT2D eigenvalue weighted by Gasteiger charge is -2.27. The van der Waals surface area contributed by atoms with Crippen LogP contribution in [0.2, 0.25) is 0 Å². The highest BCUT2D eigenvalue weighted by atomic mass is 35.5. The number of carbonyl (C=O) groups excluding carboxylic acids is 2. The van der Waals surface area contributed by atoms with Crippen molar-refractivity contribution in [3.8, 4) is 0 Å². The van der Waals surface area contributed by atoms with E-state index in [0.29, 0.717) is 13.0 Å². The van der Waals surface area contributed by atoms with E-state index in [0.717, 1.165) is 35.7 Å². The second-order valence-electron chi connectivity index (χ2n) is 7.55. The number of hydrogen-bond acceptors (Lipinski definition) is 4. The van der Waals surface area contributed by atoms with Crippen molar-refractivity contribution in [3.63, 3.8) is 0 Å². The maximum absolute atomic E-state index is 13.0. The molecule has 10 heteroatoms. The molecule has 0 atom stereocenters. The van der Waals surface area contributed by atoms with E-state index in [2.05, 4.69) is 10.2 Å². The van der Waals surface area contributed by atoms with Gasteiger partial charge in [-0.15, -0.1) is 23.7 Å². The Labute approximate surface area is 198 Å². The molecule has 0 aliphatic carbocycles. The fourth-order valence-corrected chi connectivity index (χ4v) is 5.08. The van der Waals surface area contributed by atoms with E-state index in [-0.39, 0.29) is 28.5 Å². The van der Waals surface area contributed by atoms with Crippen LogP contribution in [0.3, 0.4) is 0 Å². The predicted molar refractivity (Wildman–Crippen MR) is 124 cm³/mol. The van der Waals surface area contributed by atoms with Crippen molar-refractivity contribution < 1.29 is 22.8 Å². The summed E-state index contributed by atoms with van der Waals surface area (Å²) in [6.07, 6.45) is -3.96. The molecule has 3 aromatic rings. The highest BCUT2D eigenvalue weighted by Gasteiger charge is 2.31. The van der Waals surface area contributed by atoms with E-state index in [1.165, 1.54) is 29.0 Å². The fraction of sp³-hybridized carbons (Fsp3) is 0.217. The van der Waals surface area contributed by atoms with E-state index >= 15 is 0 Å². The van der Waals surface area contributed by atoms with Gasteiger partial charge in [0.05, 0.1) is 11.1 Å². The largest absolute Gasteiger partial charge is 0.416 e. The zero-order chi connectivity index (χ0) is 22.9. The lowest BCUT2D eigenvalue weighted by Crippen LogP contribution is -2.30. The van der Waals surface area contributed by atoms with Crippen LogP contribution in [-0.4, -0.2) is 23.3 Å². The van der Waals surface area contributed by atoms with Gasteiger partial charge in [0.2, 0.25) is 0 Å². The van der Waals surface area contributed by atoms with Crippen molar-refractivity contribution >= 4 is 40.6 Å². The van der Waals surface area contributed by atoms with Gasteiger partial charge >= 0.3 is 6.18 Å². The summed E-state index contributed by atoms with van der Waals surface area (Å²) in [7, 11) is 0. The number of nitrogens with one attached hydrogen (secondary N) is 1. The number of halogens is 4. The van der Waals surface area contributed by atoms with Crippen LogP contribution in [0.25, 0.3) is 0 Å². The predicted octanol–water partition coefficient (Wildman–Crippen LogP) is 5.10. The molecule has 0 radical (unpaired) electrons. The molecule has 3 N–H and O–H groups in total. The Hall–Kier alpha value is -2.88. The molecule has 4 rings (SSSR count). The van der Waals surface area contributed by atoms with Crippen LogP contribution in [0.4, 0.5) is 18.2 Å². The van der Waals surface area contributed by atoms with Gasteiger partial charge in [-0.05, 0) is 35.7 Å².